The normalized spacial score (nSPS) is 40.6. The van der Waals surface area contributed by atoms with Crippen molar-refractivity contribution in [2.75, 3.05) is 0 Å². The van der Waals surface area contributed by atoms with Crippen molar-refractivity contribution >= 4 is 5.97 Å². The van der Waals surface area contributed by atoms with E-state index >= 15 is 0 Å². The Morgan fingerprint density at radius 1 is 1.03 bits per heavy atom. The molecule has 0 radical (unpaired) electrons. The van der Waals surface area contributed by atoms with Crippen LogP contribution < -0.4 is 0 Å². The molecule has 3 fully saturated rings. The number of allylic oxidation sites excluding steroid dienone is 1. The fourth-order valence-corrected chi connectivity index (χ4v) is 9.48. The first-order valence-corrected chi connectivity index (χ1v) is 15.0. The molecule has 0 aliphatic heterocycles. The minimum absolute atomic E-state index is 0.00428. The van der Waals surface area contributed by atoms with Crippen molar-refractivity contribution < 1.29 is 14.6 Å². The first-order valence-electron chi connectivity index (χ1n) is 15.0. The van der Waals surface area contributed by atoms with Gasteiger partial charge in [0, 0.05) is 0 Å². The lowest BCUT2D eigenvalue weighted by atomic mass is 9.47. The van der Waals surface area contributed by atoms with Gasteiger partial charge in [0.25, 0.3) is 0 Å². The first-order chi connectivity index (χ1) is 16.5. The zero-order chi connectivity index (χ0) is 25.5. The highest BCUT2D eigenvalue weighted by atomic mass is 16.5. The van der Waals surface area contributed by atoms with Gasteiger partial charge in [0.15, 0.2) is 6.10 Å². The molecule has 4 aliphatic carbocycles. The van der Waals surface area contributed by atoms with E-state index in [9.17, 15) is 9.90 Å². The van der Waals surface area contributed by atoms with E-state index in [0.29, 0.717) is 10.8 Å². The van der Waals surface area contributed by atoms with Crippen LogP contribution in [0.2, 0.25) is 0 Å². The van der Waals surface area contributed by atoms with Crippen LogP contribution in [0.15, 0.2) is 11.6 Å². The quantitative estimate of drug-likeness (QED) is 0.332. The highest BCUT2D eigenvalue weighted by Crippen LogP contribution is 2.67. The Balaban J connectivity index is 1.44. The number of hydrogen-bond acceptors (Lipinski definition) is 2. The van der Waals surface area contributed by atoms with Crippen molar-refractivity contribution in [1.29, 1.82) is 0 Å². The van der Waals surface area contributed by atoms with Crippen molar-refractivity contribution in [3.05, 3.63) is 11.6 Å². The van der Waals surface area contributed by atoms with E-state index in [1.54, 1.807) is 5.57 Å². The first kappa shape index (κ1) is 27.2. The molecular formula is C32H54O3. The summed E-state index contributed by atoms with van der Waals surface area (Å²) in [5.41, 5.74) is 2.41. The Bertz CT molecular complexity index is 784. The number of aliphatic carboxylic acids is 1. The summed E-state index contributed by atoms with van der Waals surface area (Å²) in [5, 5.41) is 9.62. The molecule has 0 aromatic heterocycles. The molecule has 1 unspecified atom stereocenters. The third-order valence-electron chi connectivity index (χ3n) is 11.4. The standard InChI is InChI=1S/C32H54O3/c1-20(2)9-8-10-22(5)26-13-14-27-25-12-11-23-19-24(35-29(21(3)4)30(33)34)15-17-31(23,6)28(25)16-18-32(26,27)7/h11,20-22,24-29H,8-10,12-19H2,1-7H3,(H,33,34)/t22-,24+,25+,26-,27+,28+,29?,31+,32-/m1/s1. The van der Waals surface area contributed by atoms with E-state index in [1.165, 1.54) is 51.4 Å². The van der Waals surface area contributed by atoms with Gasteiger partial charge in [0.1, 0.15) is 0 Å². The second kappa shape index (κ2) is 10.5. The van der Waals surface area contributed by atoms with Gasteiger partial charge in [-0.25, -0.2) is 4.79 Å². The molecule has 35 heavy (non-hydrogen) atoms. The average Bonchev–Trinajstić information content (AvgIpc) is 3.14. The molecule has 3 saturated carbocycles. The summed E-state index contributed by atoms with van der Waals surface area (Å²) in [6.45, 7) is 16.4. The molecule has 0 aromatic carbocycles. The van der Waals surface area contributed by atoms with Gasteiger partial charge in [0.2, 0.25) is 0 Å². The Hall–Kier alpha value is -0.830. The average molecular weight is 487 g/mol. The largest absolute Gasteiger partial charge is 0.479 e. The summed E-state index contributed by atoms with van der Waals surface area (Å²) in [7, 11) is 0. The number of fused-ring (bicyclic) bond motifs is 5. The SMILES string of the molecule is CC(C)CCC[C@@H](C)[C@H]1CC[C@H]2[C@@H]3CC=C4C[C@@H](OC(C(=O)O)C(C)C)CC[C@]4(C)[C@H]3CC[C@]12C. The van der Waals surface area contributed by atoms with Crippen LogP contribution >= 0.6 is 0 Å². The Morgan fingerprint density at radius 2 is 1.77 bits per heavy atom. The molecule has 0 bridgehead atoms. The van der Waals surface area contributed by atoms with Crippen LogP contribution in [-0.2, 0) is 9.53 Å². The van der Waals surface area contributed by atoms with Crippen LogP contribution in [0.25, 0.3) is 0 Å². The smallest absolute Gasteiger partial charge is 0.333 e. The van der Waals surface area contributed by atoms with Crippen molar-refractivity contribution in [2.45, 2.75) is 131 Å². The molecule has 1 N–H and O–H groups in total. The summed E-state index contributed by atoms with van der Waals surface area (Å²) in [4.78, 5) is 11.7. The predicted octanol–water partition coefficient (Wildman–Crippen LogP) is 8.52. The van der Waals surface area contributed by atoms with Gasteiger partial charge in [-0.2, -0.15) is 0 Å². The van der Waals surface area contributed by atoms with Gasteiger partial charge in [0.05, 0.1) is 6.10 Å². The molecule has 0 heterocycles. The number of hydrogen-bond donors (Lipinski definition) is 1. The van der Waals surface area contributed by atoms with Crippen molar-refractivity contribution in [1.82, 2.24) is 0 Å². The van der Waals surface area contributed by atoms with Gasteiger partial charge >= 0.3 is 5.97 Å². The molecule has 200 valence electrons. The van der Waals surface area contributed by atoms with Crippen LogP contribution in [0, 0.1) is 52.3 Å². The molecule has 4 aliphatic rings. The van der Waals surface area contributed by atoms with Gasteiger partial charge in [-0.3, -0.25) is 0 Å². The minimum Gasteiger partial charge on any atom is -0.479 e. The number of carbonyl (C=O) groups is 1. The van der Waals surface area contributed by atoms with Gasteiger partial charge in [-0.1, -0.05) is 79.4 Å². The monoisotopic (exact) mass is 486 g/mol. The fourth-order valence-electron chi connectivity index (χ4n) is 9.48. The maximum Gasteiger partial charge on any atom is 0.333 e. The Labute approximate surface area is 215 Å². The number of ether oxygens (including phenoxy) is 1. The van der Waals surface area contributed by atoms with Crippen molar-refractivity contribution in [3.8, 4) is 0 Å². The van der Waals surface area contributed by atoms with Crippen LogP contribution in [0.4, 0.5) is 0 Å². The highest BCUT2D eigenvalue weighted by molar-refractivity contribution is 5.72. The van der Waals surface area contributed by atoms with E-state index in [2.05, 4.69) is 40.7 Å². The number of rotatable bonds is 9. The van der Waals surface area contributed by atoms with E-state index in [0.717, 1.165) is 54.8 Å². The zero-order valence-electron chi connectivity index (χ0n) is 23.8. The van der Waals surface area contributed by atoms with Gasteiger partial charge in [-0.05, 0) is 104 Å². The van der Waals surface area contributed by atoms with Crippen LogP contribution in [0.3, 0.4) is 0 Å². The summed E-state index contributed by atoms with van der Waals surface area (Å²) in [6.07, 6.45) is 16.2. The Morgan fingerprint density at radius 3 is 2.43 bits per heavy atom. The molecule has 0 spiro atoms. The molecular weight excluding hydrogens is 432 g/mol. The second-order valence-corrected chi connectivity index (χ2v) is 14.3. The maximum atomic E-state index is 11.7. The van der Waals surface area contributed by atoms with Crippen molar-refractivity contribution in [3.63, 3.8) is 0 Å². The lowest BCUT2D eigenvalue weighted by Gasteiger charge is -2.58. The second-order valence-electron chi connectivity index (χ2n) is 14.3. The topological polar surface area (TPSA) is 46.5 Å². The fraction of sp³-hybridized carbons (Fsp3) is 0.906. The van der Waals surface area contributed by atoms with Crippen LogP contribution in [0.1, 0.15) is 119 Å². The third-order valence-corrected chi connectivity index (χ3v) is 11.4. The van der Waals surface area contributed by atoms with Gasteiger partial charge in [-0.15, -0.1) is 0 Å². The van der Waals surface area contributed by atoms with Crippen LogP contribution in [-0.4, -0.2) is 23.3 Å². The lowest BCUT2D eigenvalue weighted by molar-refractivity contribution is -0.160. The highest BCUT2D eigenvalue weighted by Gasteiger charge is 2.59. The van der Waals surface area contributed by atoms with E-state index in [1.807, 2.05) is 13.8 Å². The molecule has 0 amide bonds. The van der Waals surface area contributed by atoms with E-state index in [-0.39, 0.29) is 12.0 Å². The van der Waals surface area contributed by atoms with Crippen molar-refractivity contribution in [2.24, 2.45) is 52.3 Å². The van der Waals surface area contributed by atoms with Crippen LogP contribution in [0.5, 0.6) is 0 Å². The maximum absolute atomic E-state index is 11.7. The lowest BCUT2D eigenvalue weighted by Crippen LogP contribution is -2.51. The summed E-state index contributed by atoms with van der Waals surface area (Å²) >= 11 is 0. The summed E-state index contributed by atoms with van der Waals surface area (Å²) < 4.78 is 6.18. The predicted molar refractivity (Wildman–Crippen MR) is 144 cm³/mol. The zero-order valence-corrected chi connectivity index (χ0v) is 23.8. The molecule has 3 nitrogen and oxygen atoms in total. The minimum atomic E-state index is -0.813. The van der Waals surface area contributed by atoms with E-state index in [4.69, 9.17) is 4.74 Å². The molecule has 4 rings (SSSR count). The molecule has 9 atom stereocenters. The summed E-state index contributed by atoms with van der Waals surface area (Å²) in [5.74, 6) is 4.32. The molecule has 0 saturated heterocycles. The molecule has 3 heteroatoms. The summed E-state index contributed by atoms with van der Waals surface area (Å²) in [6, 6.07) is 0. The third kappa shape index (κ3) is 5.14. The number of carboxylic acid groups (broad SMARTS) is 1. The van der Waals surface area contributed by atoms with E-state index < -0.39 is 12.1 Å². The Kier molecular flexibility index (Phi) is 8.17. The molecule has 0 aromatic rings. The van der Waals surface area contributed by atoms with Gasteiger partial charge < -0.3 is 9.84 Å². The number of carboxylic acids is 1.